The minimum Gasteiger partial charge on any atom is -0.484 e. The number of aromatic nitrogens is 4. The number of ether oxygens (including phenoxy) is 2. The SMILES string of the molecule is CC1(C)CCC(CN2CCN(c3ccc(C(=O)NS(=O)(=O)c4ccc(OC5CCC(N6CCOCC6)CC5)c([N+](=O)[O-])c4)c(-n4[nH]cc5nc6nccc6cc54)c3)CC2)=C(c2ccc(Cl)cc2)C1. The summed E-state index contributed by atoms with van der Waals surface area (Å²) in [6.45, 7) is 11.9. The number of fused-ring (bicyclic) bond motifs is 2. The van der Waals surface area contributed by atoms with Gasteiger partial charge in [-0.3, -0.25) is 34.5 Å². The average molecular weight is 963 g/mol. The van der Waals surface area contributed by atoms with Crippen molar-refractivity contribution in [2.45, 2.75) is 75.8 Å². The van der Waals surface area contributed by atoms with Gasteiger partial charge in [0.25, 0.3) is 15.9 Å². The summed E-state index contributed by atoms with van der Waals surface area (Å²) in [6, 6.07) is 21.2. The van der Waals surface area contributed by atoms with E-state index in [2.05, 4.69) is 55.5 Å². The van der Waals surface area contributed by atoms with Crippen molar-refractivity contribution < 1.29 is 27.6 Å². The highest BCUT2D eigenvalue weighted by molar-refractivity contribution is 7.90. The van der Waals surface area contributed by atoms with E-state index < -0.39 is 31.4 Å². The molecule has 0 bridgehead atoms. The predicted octanol–water partition coefficient (Wildman–Crippen LogP) is 8.39. The number of aromatic amines is 1. The van der Waals surface area contributed by atoms with Gasteiger partial charge in [0.2, 0.25) is 0 Å². The minimum atomic E-state index is -4.60. The number of sulfonamides is 1. The van der Waals surface area contributed by atoms with Crippen LogP contribution in [-0.4, -0.2) is 120 Å². The van der Waals surface area contributed by atoms with Crippen molar-refractivity contribution in [1.82, 2.24) is 34.3 Å². The van der Waals surface area contributed by atoms with Crippen LogP contribution in [-0.2, 0) is 14.8 Å². The number of halogens is 1. The van der Waals surface area contributed by atoms with Gasteiger partial charge in [-0.1, -0.05) is 43.2 Å². The third-order valence-electron chi connectivity index (χ3n) is 14.2. The molecule has 18 heteroatoms. The van der Waals surface area contributed by atoms with E-state index >= 15 is 0 Å². The van der Waals surface area contributed by atoms with Gasteiger partial charge in [-0.15, -0.1) is 0 Å². The van der Waals surface area contributed by atoms with Crippen molar-refractivity contribution in [3.05, 3.63) is 117 Å². The molecule has 5 heterocycles. The number of nitro groups is 1. The first-order chi connectivity index (χ1) is 32.8. The summed E-state index contributed by atoms with van der Waals surface area (Å²) < 4.78 is 43.5. The molecule has 4 aliphatic rings. The number of carbonyl (C=O) groups is 1. The Morgan fingerprint density at radius 3 is 2.49 bits per heavy atom. The molecule has 2 aliphatic heterocycles. The highest BCUT2D eigenvalue weighted by atomic mass is 35.5. The first kappa shape index (κ1) is 45.9. The van der Waals surface area contributed by atoms with Crippen molar-refractivity contribution in [3.8, 4) is 11.4 Å². The maximum atomic E-state index is 14.3. The van der Waals surface area contributed by atoms with Gasteiger partial charge in [-0.05, 0) is 116 Å². The zero-order chi connectivity index (χ0) is 47.2. The molecule has 2 aliphatic carbocycles. The number of nitro benzene ring substituents is 1. The van der Waals surface area contributed by atoms with Crippen molar-refractivity contribution >= 4 is 66.5 Å². The molecule has 1 amide bonds. The summed E-state index contributed by atoms with van der Waals surface area (Å²) in [6.07, 6.45) is 9.56. The van der Waals surface area contributed by atoms with E-state index in [4.69, 9.17) is 26.1 Å². The van der Waals surface area contributed by atoms with Gasteiger partial charge in [0.15, 0.2) is 11.4 Å². The minimum absolute atomic E-state index is 0.00984. The number of rotatable bonds is 12. The molecule has 3 aromatic carbocycles. The van der Waals surface area contributed by atoms with Crippen molar-refractivity contribution in [3.63, 3.8) is 0 Å². The fourth-order valence-corrected chi connectivity index (χ4v) is 11.5. The molecule has 10 rings (SSSR count). The van der Waals surface area contributed by atoms with Gasteiger partial charge in [-0.25, -0.2) is 23.1 Å². The molecule has 3 fully saturated rings. The lowest BCUT2D eigenvalue weighted by molar-refractivity contribution is -0.386. The third kappa shape index (κ3) is 9.72. The largest absolute Gasteiger partial charge is 0.484 e. The second kappa shape index (κ2) is 18.9. The second-order valence-electron chi connectivity index (χ2n) is 19.3. The number of carbonyl (C=O) groups excluding carboxylic acids is 1. The summed E-state index contributed by atoms with van der Waals surface area (Å²) in [5.41, 5.74) is 7.01. The van der Waals surface area contributed by atoms with Crippen LogP contribution in [0.3, 0.4) is 0 Å². The highest BCUT2D eigenvalue weighted by Gasteiger charge is 2.33. The topological polar surface area (TPSA) is 181 Å². The number of anilines is 1. The average Bonchev–Trinajstić information content (AvgIpc) is 3.98. The van der Waals surface area contributed by atoms with Crippen molar-refractivity contribution in [2.75, 3.05) is 63.9 Å². The number of amides is 1. The number of hydrogen-bond acceptors (Lipinski definition) is 12. The Kier molecular flexibility index (Phi) is 12.8. The van der Waals surface area contributed by atoms with E-state index in [1.165, 1.54) is 28.8 Å². The molecule has 0 unspecified atom stereocenters. The van der Waals surface area contributed by atoms with Crippen LogP contribution >= 0.6 is 11.6 Å². The quantitative estimate of drug-likeness (QED) is 0.0885. The number of allylic oxidation sites excluding steroid dienone is 1. The monoisotopic (exact) mass is 961 g/mol. The number of H-pyrrole nitrogens is 1. The maximum Gasteiger partial charge on any atom is 0.312 e. The number of benzene rings is 3. The number of morpholine rings is 1. The van der Waals surface area contributed by atoms with Crippen LogP contribution in [0.1, 0.15) is 74.7 Å². The van der Waals surface area contributed by atoms with Gasteiger partial charge < -0.3 is 14.4 Å². The van der Waals surface area contributed by atoms with Gasteiger partial charge >= 0.3 is 5.69 Å². The molecule has 3 aromatic heterocycles. The Labute approximate surface area is 400 Å². The molecule has 356 valence electrons. The fourth-order valence-electron chi connectivity index (χ4n) is 10.4. The van der Waals surface area contributed by atoms with E-state index in [-0.39, 0.29) is 22.8 Å². The number of nitrogens with one attached hydrogen (secondary N) is 2. The lowest BCUT2D eigenvalue weighted by Crippen LogP contribution is -2.47. The van der Waals surface area contributed by atoms with Gasteiger partial charge in [0.1, 0.15) is 5.52 Å². The molecule has 68 heavy (non-hydrogen) atoms. The third-order valence-corrected chi connectivity index (χ3v) is 15.8. The zero-order valence-electron chi connectivity index (χ0n) is 38.3. The molecule has 6 aromatic rings. The summed E-state index contributed by atoms with van der Waals surface area (Å²) in [7, 11) is -4.60. The van der Waals surface area contributed by atoms with Crippen LogP contribution < -0.4 is 14.4 Å². The van der Waals surface area contributed by atoms with E-state index in [1.807, 2.05) is 36.4 Å². The van der Waals surface area contributed by atoms with E-state index in [9.17, 15) is 23.3 Å². The molecule has 0 spiro atoms. The summed E-state index contributed by atoms with van der Waals surface area (Å²) in [4.78, 5) is 41.8. The molecular weight excluding hydrogens is 906 g/mol. The molecular formula is C50H56ClN9O7S. The standard InChI is InChI=1S/C50H56ClN9O7S/c1-50(2)17-15-35(42(30-50)33-3-5-36(51)6-4-33)32-56-19-21-57(22-20-56)38-9-13-41(44(28-38)59-45-27-34-16-18-52-48(34)54-43(45)31-53-59)49(61)55-68(64,65)40-12-14-47(46(29-40)60(62)63)67-39-10-7-37(8-11-39)58-23-25-66-26-24-58/h3-6,9,12-14,16,18,27-29,31,37,39,53H,7-8,10-11,15,17,19-26,30,32H2,1-2H3,(H,55,61). The number of nitrogens with zero attached hydrogens (tertiary/aromatic N) is 7. The van der Waals surface area contributed by atoms with Crippen molar-refractivity contribution in [2.24, 2.45) is 5.41 Å². The normalized spacial score (nSPS) is 20.8. The zero-order valence-corrected chi connectivity index (χ0v) is 39.9. The van der Waals surface area contributed by atoms with Crippen LogP contribution in [0.25, 0.3) is 33.3 Å². The Morgan fingerprint density at radius 2 is 1.74 bits per heavy atom. The van der Waals surface area contributed by atoms with Crippen LogP contribution in [0.2, 0.25) is 5.02 Å². The Hall–Kier alpha value is -5.85. The summed E-state index contributed by atoms with van der Waals surface area (Å²) in [5, 5.41) is 17.1. The number of hydrogen-bond donors (Lipinski definition) is 2. The molecule has 2 saturated heterocycles. The first-order valence-corrected chi connectivity index (χ1v) is 25.4. The second-order valence-corrected chi connectivity index (χ2v) is 21.4. The Bertz CT molecular complexity index is 3000. The van der Waals surface area contributed by atoms with Gasteiger partial charge in [0.05, 0.1) is 45.9 Å². The number of piperazine rings is 1. The van der Waals surface area contributed by atoms with Crippen LogP contribution in [0.4, 0.5) is 11.4 Å². The van der Waals surface area contributed by atoms with Gasteiger partial charge in [0, 0.05) is 86.4 Å². The van der Waals surface area contributed by atoms with Crippen LogP contribution in [0, 0.1) is 15.5 Å². The summed E-state index contributed by atoms with van der Waals surface area (Å²) >= 11 is 6.27. The van der Waals surface area contributed by atoms with Crippen LogP contribution in [0.15, 0.2) is 95.7 Å². The lowest BCUT2D eigenvalue weighted by Gasteiger charge is -2.39. The highest BCUT2D eigenvalue weighted by Crippen LogP contribution is 2.44. The van der Waals surface area contributed by atoms with E-state index in [1.54, 1.807) is 23.1 Å². The molecule has 0 radical (unpaired) electrons. The van der Waals surface area contributed by atoms with Crippen molar-refractivity contribution in [1.29, 1.82) is 0 Å². The first-order valence-electron chi connectivity index (χ1n) is 23.5. The molecule has 0 atom stereocenters. The van der Waals surface area contributed by atoms with Crippen LogP contribution in [0.5, 0.6) is 5.75 Å². The molecule has 16 nitrogen and oxygen atoms in total. The maximum absolute atomic E-state index is 14.3. The smallest absolute Gasteiger partial charge is 0.312 e. The lowest BCUT2D eigenvalue weighted by atomic mass is 9.72. The van der Waals surface area contributed by atoms with Gasteiger partial charge in [-0.2, -0.15) is 0 Å². The Morgan fingerprint density at radius 1 is 0.971 bits per heavy atom. The summed E-state index contributed by atoms with van der Waals surface area (Å²) in [5.74, 6) is -0.916. The predicted molar refractivity (Wildman–Crippen MR) is 262 cm³/mol. The molecule has 1 saturated carbocycles. The Balaban J connectivity index is 0.884. The van der Waals surface area contributed by atoms with E-state index in [0.29, 0.717) is 41.6 Å². The number of pyridine rings is 1. The fraction of sp³-hybridized carbons (Fsp3) is 0.420. The molecule has 2 N–H and O–H groups in total. The van der Waals surface area contributed by atoms with E-state index in [0.717, 1.165) is 113 Å².